The number of hydrogen-bond donors (Lipinski definition) is 2. The number of aromatic nitrogens is 1. The first-order chi connectivity index (χ1) is 12.0. The summed E-state index contributed by atoms with van der Waals surface area (Å²) in [6, 6.07) is 4.92. The van der Waals surface area contributed by atoms with Gasteiger partial charge in [-0.25, -0.2) is 14.4 Å². The summed E-state index contributed by atoms with van der Waals surface area (Å²) in [6.45, 7) is 8.08. The van der Waals surface area contributed by atoms with Gasteiger partial charge in [0, 0.05) is 17.2 Å². The van der Waals surface area contributed by atoms with Gasteiger partial charge in [-0.15, -0.1) is 35.3 Å². The molecule has 1 aromatic carbocycles. The number of rotatable bonds is 7. The Morgan fingerprint density at radius 3 is 2.65 bits per heavy atom. The van der Waals surface area contributed by atoms with Crippen LogP contribution in [0.3, 0.4) is 0 Å². The Labute approximate surface area is 180 Å². The molecule has 1 aromatic heterocycles. The molecule has 0 aliphatic heterocycles. The lowest BCUT2D eigenvalue weighted by molar-refractivity contribution is 0.625. The number of thiazole rings is 1. The summed E-state index contributed by atoms with van der Waals surface area (Å²) in [7, 11) is 0. The summed E-state index contributed by atoms with van der Waals surface area (Å²) < 4.78 is 13.5. The zero-order valence-electron chi connectivity index (χ0n) is 15.6. The lowest BCUT2D eigenvalue weighted by Crippen LogP contribution is -2.36. The van der Waals surface area contributed by atoms with Crippen LogP contribution >= 0.6 is 47.1 Å². The molecule has 144 valence electrons. The minimum atomic E-state index is -0.196. The van der Waals surface area contributed by atoms with Gasteiger partial charge in [-0.3, -0.25) is 0 Å². The van der Waals surface area contributed by atoms with Crippen molar-refractivity contribution in [3.05, 3.63) is 50.7 Å². The topological polar surface area (TPSA) is 49.3 Å². The first-order valence-electron chi connectivity index (χ1n) is 8.24. The van der Waals surface area contributed by atoms with Crippen LogP contribution in [0.15, 0.2) is 23.2 Å². The Kier molecular flexibility index (Phi) is 10.5. The second-order valence-corrected chi connectivity index (χ2v) is 7.79. The van der Waals surface area contributed by atoms with E-state index >= 15 is 0 Å². The van der Waals surface area contributed by atoms with Crippen molar-refractivity contribution in [2.75, 3.05) is 12.8 Å². The van der Waals surface area contributed by atoms with E-state index in [2.05, 4.69) is 20.6 Å². The lowest BCUT2D eigenvalue weighted by Gasteiger charge is -2.12. The highest BCUT2D eigenvalue weighted by molar-refractivity contribution is 14.0. The molecule has 0 aliphatic rings. The van der Waals surface area contributed by atoms with Gasteiger partial charge in [0.1, 0.15) is 5.82 Å². The molecule has 26 heavy (non-hydrogen) atoms. The van der Waals surface area contributed by atoms with Crippen molar-refractivity contribution in [3.63, 3.8) is 0 Å². The maximum absolute atomic E-state index is 13.5. The first kappa shape index (κ1) is 23.2. The molecule has 2 aromatic rings. The lowest BCUT2D eigenvalue weighted by atomic mass is 10.1. The molecule has 2 N–H and O–H groups in total. The van der Waals surface area contributed by atoms with Gasteiger partial charge in [-0.2, -0.15) is 11.8 Å². The molecule has 0 bridgehead atoms. The molecule has 0 spiro atoms. The van der Waals surface area contributed by atoms with E-state index in [1.54, 1.807) is 29.2 Å². The van der Waals surface area contributed by atoms with E-state index in [1.165, 1.54) is 10.9 Å². The fourth-order valence-corrected chi connectivity index (χ4v) is 3.90. The standard InChI is InChI=1S/C18H25FN4S2.HI/c1-5-20-18(22-10-17-12(2)23-13(3)25-17)21-9-14-6-7-16(19)8-15(14)11-24-4;/h6-8H,5,9-11H2,1-4H3,(H2,20,21,22);1H. The van der Waals surface area contributed by atoms with Crippen LogP contribution in [0.25, 0.3) is 0 Å². The first-order valence-corrected chi connectivity index (χ1v) is 10.5. The Bertz CT molecular complexity index is 734. The van der Waals surface area contributed by atoms with Crippen molar-refractivity contribution in [1.29, 1.82) is 0 Å². The normalized spacial score (nSPS) is 11.2. The van der Waals surface area contributed by atoms with Gasteiger partial charge in [-0.05, 0) is 50.3 Å². The van der Waals surface area contributed by atoms with Gasteiger partial charge < -0.3 is 10.6 Å². The van der Waals surface area contributed by atoms with Crippen LogP contribution in [0, 0.1) is 19.7 Å². The Hall–Kier alpha value is -0.870. The maximum Gasteiger partial charge on any atom is 0.191 e. The van der Waals surface area contributed by atoms with Crippen molar-refractivity contribution in [2.45, 2.75) is 39.6 Å². The SMILES string of the molecule is CCNC(=NCc1ccc(F)cc1CSC)NCc1sc(C)nc1C.I. The number of aryl methyl sites for hydroxylation is 2. The number of halogens is 2. The van der Waals surface area contributed by atoms with Crippen molar-refractivity contribution in [2.24, 2.45) is 4.99 Å². The van der Waals surface area contributed by atoms with Crippen molar-refractivity contribution in [3.8, 4) is 0 Å². The van der Waals surface area contributed by atoms with Gasteiger partial charge in [-0.1, -0.05) is 6.07 Å². The van der Waals surface area contributed by atoms with Crippen LogP contribution in [0.4, 0.5) is 4.39 Å². The molecule has 0 saturated carbocycles. The molecular formula is C18H26FIN4S2. The minimum absolute atomic E-state index is 0. The fourth-order valence-electron chi connectivity index (χ4n) is 2.45. The Morgan fingerprint density at radius 1 is 1.27 bits per heavy atom. The van der Waals surface area contributed by atoms with E-state index in [4.69, 9.17) is 0 Å². The highest BCUT2D eigenvalue weighted by atomic mass is 127. The second-order valence-electron chi connectivity index (χ2n) is 5.64. The Morgan fingerprint density at radius 2 is 2.04 bits per heavy atom. The molecule has 4 nitrogen and oxygen atoms in total. The van der Waals surface area contributed by atoms with Gasteiger partial charge in [0.05, 0.1) is 23.8 Å². The zero-order chi connectivity index (χ0) is 18.2. The average molecular weight is 508 g/mol. The number of benzene rings is 1. The summed E-state index contributed by atoms with van der Waals surface area (Å²) in [5.74, 6) is 1.34. The van der Waals surface area contributed by atoms with Gasteiger partial charge in [0.15, 0.2) is 5.96 Å². The van der Waals surface area contributed by atoms with E-state index in [-0.39, 0.29) is 29.8 Å². The van der Waals surface area contributed by atoms with Crippen LogP contribution in [0.1, 0.15) is 33.6 Å². The smallest absolute Gasteiger partial charge is 0.191 e. The summed E-state index contributed by atoms with van der Waals surface area (Å²) >= 11 is 3.38. The molecule has 8 heteroatoms. The van der Waals surface area contributed by atoms with Crippen LogP contribution < -0.4 is 10.6 Å². The summed E-state index contributed by atoms with van der Waals surface area (Å²) in [5, 5.41) is 7.68. The minimum Gasteiger partial charge on any atom is -0.357 e. The summed E-state index contributed by atoms with van der Waals surface area (Å²) in [6.07, 6.45) is 2.02. The fraction of sp³-hybridized carbons (Fsp3) is 0.444. The third-order valence-corrected chi connectivity index (χ3v) is 5.31. The molecule has 1 heterocycles. The highest BCUT2D eigenvalue weighted by Gasteiger charge is 2.07. The van der Waals surface area contributed by atoms with E-state index in [0.717, 1.165) is 40.1 Å². The Balaban J connectivity index is 0.00000338. The molecule has 0 amide bonds. The van der Waals surface area contributed by atoms with Crippen LogP contribution in [0.5, 0.6) is 0 Å². The summed E-state index contributed by atoms with van der Waals surface area (Å²) in [5.41, 5.74) is 3.12. The maximum atomic E-state index is 13.5. The number of nitrogens with zero attached hydrogens (tertiary/aromatic N) is 2. The predicted octanol–water partition coefficient (Wildman–Crippen LogP) is 4.64. The monoisotopic (exact) mass is 508 g/mol. The number of aliphatic imine (C=N–C) groups is 1. The van der Waals surface area contributed by atoms with Crippen LogP contribution in [-0.2, 0) is 18.8 Å². The molecule has 0 unspecified atom stereocenters. The van der Waals surface area contributed by atoms with Crippen molar-refractivity contribution >= 4 is 53.0 Å². The molecule has 0 fully saturated rings. The van der Waals surface area contributed by atoms with E-state index < -0.39 is 0 Å². The van der Waals surface area contributed by atoms with Crippen LogP contribution in [0.2, 0.25) is 0 Å². The molecule has 0 aliphatic carbocycles. The summed E-state index contributed by atoms with van der Waals surface area (Å²) in [4.78, 5) is 10.3. The van der Waals surface area contributed by atoms with Crippen molar-refractivity contribution in [1.82, 2.24) is 15.6 Å². The molecule has 0 radical (unpaired) electrons. The van der Waals surface area contributed by atoms with Gasteiger partial charge >= 0.3 is 0 Å². The zero-order valence-corrected chi connectivity index (χ0v) is 19.5. The van der Waals surface area contributed by atoms with E-state index in [9.17, 15) is 4.39 Å². The largest absolute Gasteiger partial charge is 0.357 e. The number of thioether (sulfide) groups is 1. The molecular weight excluding hydrogens is 482 g/mol. The van der Waals surface area contributed by atoms with Crippen molar-refractivity contribution < 1.29 is 4.39 Å². The third kappa shape index (κ3) is 7.03. The number of nitrogens with one attached hydrogen (secondary N) is 2. The number of hydrogen-bond acceptors (Lipinski definition) is 4. The quantitative estimate of drug-likeness (QED) is 0.325. The molecule has 2 rings (SSSR count). The predicted molar refractivity (Wildman–Crippen MR) is 122 cm³/mol. The highest BCUT2D eigenvalue weighted by Crippen LogP contribution is 2.18. The van der Waals surface area contributed by atoms with E-state index in [0.29, 0.717) is 13.1 Å². The number of guanidine groups is 1. The van der Waals surface area contributed by atoms with Gasteiger partial charge in [0.25, 0.3) is 0 Å². The third-order valence-electron chi connectivity index (χ3n) is 3.64. The van der Waals surface area contributed by atoms with Crippen LogP contribution in [-0.4, -0.2) is 23.7 Å². The van der Waals surface area contributed by atoms with E-state index in [1.807, 2.05) is 33.1 Å². The van der Waals surface area contributed by atoms with Gasteiger partial charge in [0.2, 0.25) is 0 Å². The molecule has 0 saturated heterocycles. The second kappa shape index (κ2) is 11.8. The molecule has 0 atom stereocenters. The average Bonchev–Trinajstić information content (AvgIpc) is 2.89.